The lowest BCUT2D eigenvalue weighted by molar-refractivity contribution is -0.135. The van der Waals surface area contributed by atoms with E-state index in [2.05, 4.69) is 4.99 Å². The normalized spacial score (nSPS) is 27.2. The van der Waals surface area contributed by atoms with Crippen molar-refractivity contribution in [2.45, 2.75) is 25.4 Å². The summed E-state index contributed by atoms with van der Waals surface area (Å²) in [5.41, 5.74) is 0.409. The van der Waals surface area contributed by atoms with Gasteiger partial charge in [-0.1, -0.05) is 18.2 Å². The molecule has 1 aromatic carbocycles. The second-order valence-electron chi connectivity index (χ2n) is 4.77. The monoisotopic (exact) mass is 291 g/mol. The SMILES string of the molecule is CC1=NC2C=C(F)C(COC(=O)c3ccccc3)OC2O1. The second kappa shape index (κ2) is 5.65. The quantitative estimate of drug-likeness (QED) is 0.801. The van der Waals surface area contributed by atoms with Crippen LogP contribution < -0.4 is 0 Å². The molecule has 6 heteroatoms. The van der Waals surface area contributed by atoms with Crippen LogP contribution >= 0.6 is 0 Å². The zero-order chi connectivity index (χ0) is 14.8. The zero-order valence-corrected chi connectivity index (χ0v) is 11.4. The van der Waals surface area contributed by atoms with E-state index < -0.39 is 30.2 Å². The number of hydrogen-bond acceptors (Lipinski definition) is 5. The number of benzene rings is 1. The second-order valence-corrected chi connectivity index (χ2v) is 4.77. The molecule has 2 heterocycles. The molecule has 1 aromatic rings. The van der Waals surface area contributed by atoms with E-state index in [9.17, 15) is 9.18 Å². The Morgan fingerprint density at radius 2 is 2.14 bits per heavy atom. The molecule has 2 aliphatic heterocycles. The third-order valence-electron chi connectivity index (χ3n) is 3.21. The number of ether oxygens (including phenoxy) is 3. The number of rotatable bonds is 3. The number of fused-ring (bicyclic) bond motifs is 1. The van der Waals surface area contributed by atoms with Crippen molar-refractivity contribution >= 4 is 11.9 Å². The Bertz CT molecular complexity index is 599. The molecule has 0 fully saturated rings. The first kappa shape index (κ1) is 13.8. The highest BCUT2D eigenvalue weighted by molar-refractivity contribution is 5.89. The van der Waals surface area contributed by atoms with E-state index in [0.29, 0.717) is 11.5 Å². The molecule has 0 spiro atoms. The summed E-state index contributed by atoms with van der Waals surface area (Å²) in [6.45, 7) is 1.47. The summed E-state index contributed by atoms with van der Waals surface area (Å²) < 4.78 is 29.7. The van der Waals surface area contributed by atoms with Gasteiger partial charge in [0.25, 0.3) is 0 Å². The number of carbonyl (C=O) groups excluding carboxylic acids is 1. The predicted octanol–water partition coefficient (Wildman–Crippen LogP) is 2.24. The molecular weight excluding hydrogens is 277 g/mol. The van der Waals surface area contributed by atoms with Gasteiger partial charge in [-0.05, 0) is 18.2 Å². The van der Waals surface area contributed by atoms with Gasteiger partial charge in [0.05, 0.1) is 5.56 Å². The van der Waals surface area contributed by atoms with Crippen LogP contribution in [-0.4, -0.2) is 36.9 Å². The van der Waals surface area contributed by atoms with Crippen LogP contribution in [0.2, 0.25) is 0 Å². The molecule has 110 valence electrons. The predicted molar refractivity (Wildman–Crippen MR) is 72.6 cm³/mol. The molecule has 21 heavy (non-hydrogen) atoms. The Kier molecular flexibility index (Phi) is 3.70. The molecule has 3 atom stereocenters. The first-order valence-corrected chi connectivity index (χ1v) is 6.59. The van der Waals surface area contributed by atoms with E-state index in [1.165, 1.54) is 6.08 Å². The fourth-order valence-corrected chi connectivity index (χ4v) is 2.19. The smallest absolute Gasteiger partial charge is 0.338 e. The van der Waals surface area contributed by atoms with Crippen molar-refractivity contribution in [3.63, 3.8) is 0 Å². The maximum Gasteiger partial charge on any atom is 0.338 e. The summed E-state index contributed by atoms with van der Waals surface area (Å²) in [5.74, 6) is -0.566. The summed E-state index contributed by atoms with van der Waals surface area (Å²) in [7, 11) is 0. The molecule has 0 N–H and O–H groups in total. The largest absolute Gasteiger partial charge is 0.459 e. The van der Waals surface area contributed by atoms with Gasteiger partial charge in [0.15, 0.2) is 5.90 Å². The van der Waals surface area contributed by atoms with Crippen molar-refractivity contribution in [2.24, 2.45) is 4.99 Å². The minimum Gasteiger partial charge on any atom is -0.459 e. The number of aliphatic imine (C=N–C) groups is 1. The molecular formula is C15H14FNO4. The minimum atomic E-state index is -0.958. The lowest BCUT2D eigenvalue weighted by Crippen LogP contribution is -2.37. The average Bonchev–Trinajstić information content (AvgIpc) is 2.84. The van der Waals surface area contributed by atoms with E-state index in [1.54, 1.807) is 37.3 Å². The van der Waals surface area contributed by atoms with Gasteiger partial charge in [-0.2, -0.15) is 0 Å². The standard InChI is InChI=1S/C15H14FNO4/c1-9-17-12-7-11(16)13(21-15(12)20-9)8-19-14(18)10-5-3-2-4-6-10/h2-7,12-13,15H,8H2,1H3. The number of esters is 1. The van der Waals surface area contributed by atoms with Crippen LogP contribution in [0.25, 0.3) is 0 Å². The lowest BCUT2D eigenvalue weighted by Gasteiger charge is -2.26. The van der Waals surface area contributed by atoms with Crippen molar-refractivity contribution < 1.29 is 23.4 Å². The van der Waals surface area contributed by atoms with Crippen LogP contribution in [0.3, 0.4) is 0 Å². The minimum absolute atomic E-state index is 0.207. The third kappa shape index (κ3) is 2.95. The first-order valence-electron chi connectivity index (χ1n) is 6.59. The summed E-state index contributed by atoms with van der Waals surface area (Å²) in [6, 6.07) is 8.04. The van der Waals surface area contributed by atoms with Crippen LogP contribution in [0, 0.1) is 0 Å². The molecule has 3 unspecified atom stereocenters. The first-order chi connectivity index (χ1) is 10.1. The zero-order valence-electron chi connectivity index (χ0n) is 11.4. The maximum absolute atomic E-state index is 13.9. The molecule has 0 aliphatic carbocycles. The van der Waals surface area contributed by atoms with E-state index in [-0.39, 0.29) is 6.61 Å². The van der Waals surface area contributed by atoms with Gasteiger partial charge in [0.2, 0.25) is 6.29 Å². The van der Waals surface area contributed by atoms with E-state index in [4.69, 9.17) is 14.2 Å². The highest BCUT2D eigenvalue weighted by atomic mass is 19.1. The number of nitrogens with zero attached hydrogens (tertiary/aromatic N) is 1. The van der Waals surface area contributed by atoms with Gasteiger partial charge in [-0.15, -0.1) is 0 Å². The topological polar surface area (TPSA) is 57.1 Å². The molecule has 0 bridgehead atoms. The van der Waals surface area contributed by atoms with Crippen molar-refractivity contribution in [3.8, 4) is 0 Å². The molecule has 0 saturated heterocycles. The van der Waals surface area contributed by atoms with Crippen LogP contribution in [0.4, 0.5) is 4.39 Å². The Hall–Kier alpha value is -2.21. The van der Waals surface area contributed by atoms with Gasteiger partial charge in [-0.3, -0.25) is 0 Å². The number of halogens is 1. The summed E-state index contributed by atoms with van der Waals surface area (Å²) in [4.78, 5) is 15.9. The average molecular weight is 291 g/mol. The molecule has 2 aliphatic rings. The Morgan fingerprint density at radius 3 is 2.90 bits per heavy atom. The summed E-state index contributed by atoms with van der Waals surface area (Å²) in [6.07, 6.45) is -0.268. The molecule has 0 aromatic heterocycles. The molecule has 0 amide bonds. The Morgan fingerprint density at radius 1 is 1.38 bits per heavy atom. The molecule has 5 nitrogen and oxygen atoms in total. The Balaban J connectivity index is 1.60. The molecule has 0 saturated carbocycles. The van der Waals surface area contributed by atoms with Crippen LogP contribution in [0.1, 0.15) is 17.3 Å². The Labute approximate surface area is 121 Å². The van der Waals surface area contributed by atoms with E-state index >= 15 is 0 Å². The third-order valence-corrected chi connectivity index (χ3v) is 3.21. The van der Waals surface area contributed by atoms with E-state index in [0.717, 1.165) is 0 Å². The molecule has 0 radical (unpaired) electrons. The summed E-state index contributed by atoms with van der Waals surface area (Å²) in [5, 5.41) is 0. The highest BCUT2D eigenvalue weighted by Crippen LogP contribution is 2.27. The van der Waals surface area contributed by atoms with Crippen LogP contribution in [-0.2, 0) is 14.2 Å². The fraction of sp³-hybridized carbons (Fsp3) is 0.333. The van der Waals surface area contributed by atoms with Gasteiger partial charge in [0.1, 0.15) is 24.6 Å². The van der Waals surface area contributed by atoms with Crippen molar-refractivity contribution in [3.05, 3.63) is 47.8 Å². The number of carbonyl (C=O) groups is 1. The van der Waals surface area contributed by atoms with Gasteiger partial charge >= 0.3 is 5.97 Å². The lowest BCUT2D eigenvalue weighted by atomic mass is 10.1. The molecule has 3 rings (SSSR count). The highest BCUT2D eigenvalue weighted by Gasteiger charge is 2.38. The van der Waals surface area contributed by atoms with Gasteiger partial charge in [-0.25, -0.2) is 14.2 Å². The van der Waals surface area contributed by atoms with Crippen LogP contribution in [0.15, 0.2) is 47.2 Å². The van der Waals surface area contributed by atoms with Crippen molar-refractivity contribution in [2.75, 3.05) is 6.61 Å². The van der Waals surface area contributed by atoms with Gasteiger partial charge < -0.3 is 14.2 Å². The van der Waals surface area contributed by atoms with Crippen LogP contribution in [0.5, 0.6) is 0 Å². The van der Waals surface area contributed by atoms with Gasteiger partial charge in [0, 0.05) is 6.92 Å². The fourth-order valence-electron chi connectivity index (χ4n) is 2.19. The van der Waals surface area contributed by atoms with Crippen molar-refractivity contribution in [1.82, 2.24) is 0 Å². The van der Waals surface area contributed by atoms with Crippen molar-refractivity contribution in [1.29, 1.82) is 0 Å². The summed E-state index contributed by atoms with van der Waals surface area (Å²) >= 11 is 0. The van der Waals surface area contributed by atoms with E-state index in [1.807, 2.05) is 0 Å². The number of hydrogen-bond donors (Lipinski definition) is 0. The maximum atomic E-state index is 13.9.